The summed E-state index contributed by atoms with van der Waals surface area (Å²) in [7, 11) is 1.77. The molecule has 2 aliphatic heterocycles. The highest BCUT2D eigenvalue weighted by Gasteiger charge is 2.83. The van der Waals surface area contributed by atoms with Crippen LogP contribution in [0.2, 0.25) is 0 Å². The average molecular weight is 424 g/mol. The number of likely N-dealkylation sites (tertiary alicyclic amines) is 1. The van der Waals surface area contributed by atoms with Crippen LogP contribution in [0.25, 0.3) is 0 Å². The van der Waals surface area contributed by atoms with E-state index in [1.807, 2.05) is 6.07 Å². The number of rotatable bonds is 4. The number of hydrogen-bond acceptors (Lipinski definition) is 5. The first-order chi connectivity index (χ1) is 14.8. The zero-order chi connectivity index (χ0) is 21.4. The summed E-state index contributed by atoms with van der Waals surface area (Å²) >= 11 is 0. The van der Waals surface area contributed by atoms with E-state index < -0.39 is 11.0 Å². The number of ether oxygens (including phenoxy) is 2. The van der Waals surface area contributed by atoms with E-state index in [9.17, 15) is 9.90 Å². The van der Waals surface area contributed by atoms with Crippen molar-refractivity contribution in [3.8, 4) is 11.5 Å². The Balaban J connectivity index is 1.52. The zero-order valence-corrected chi connectivity index (χ0v) is 18.9. The van der Waals surface area contributed by atoms with Crippen molar-refractivity contribution >= 4 is 5.78 Å². The minimum atomic E-state index is -0.649. The summed E-state index contributed by atoms with van der Waals surface area (Å²) in [5.74, 6) is 1.98. The molecule has 5 fully saturated rings. The molecular weight excluding hydrogens is 390 g/mol. The molecule has 0 radical (unpaired) electrons. The summed E-state index contributed by atoms with van der Waals surface area (Å²) in [6.45, 7) is 6.15. The Bertz CT molecular complexity index is 1020. The van der Waals surface area contributed by atoms with Crippen molar-refractivity contribution in [2.75, 3.05) is 20.2 Å². The predicted molar refractivity (Wildman–Crippen MR) is 115 cm³/mol. The van der Waals surface area contributed by atoms with E-state index in [0.717, 1.165) is 44.6 Å². The lowest BCUT2D eigenvalue weighted by Crippen LogP contribution is -2.84. The van der Waals surface area contributed by atoms with Crippen LogP contribution in [0.3, 0.4) is 0 Å². The maximum Gasteiger partial charge on any atom is 0.165 e. The third-order valence-corrected chi connectivity index (χ3v) is 10.8. The monoisotopic (exact) mass is 423 g/mol. The third kappa shape index (κ3) is 1.82. The van der Waals surface area contributed by atoms with Gasteiger partial charge in [-0.15, -0.1) is 0 Å². The van der Waals surface area contributed by atoms with Crippen LogP contribution >= 0.6 is 0 Å². The van der Waals surface area contributed by atoms with Crippen molar-refractivity contribution in [3.05, 3.63) is 23.3 Å². The maximum absolute atomic E-state index is 13.3. The highest BCUT2D eigenvalue weighted by Crippen LogP contribution is 2.79. The fourth-order valence-corrected chi connectivity index (χ4v) is 9.25. The van der Waals surface area contributed by atoms with Gasteiger partial charge < -0.3 is 14.6 Å². The SMILES string of the molecule is CO[C@]12CC[C@@]3(C[C@]1(C)C(C)=O)[C@H]1Cc4ccc(O)c5c4[C@@]3(CCN1CC1CC1)[C@H]2O5. The maximum atomic E-state index is 13.3. The molecule has 1 aromatic rings. The fourth-order valence-electron chi connectivity index (χ4n) is 9.25. The second kappa shape index (κ2) is 5.48. The molecule has 6 atom stereocenters. The molecule has 0 aromatic heterocycles. The lowest BCUT2D eigenvalue weighted by molar-refractivity contribution is -0.297. The predicted octanol–water partition coefficient (Wildman–Crippen LogP) is 3.60. The Kier molecular flexibility index (Phi) is 3.35. The summed E-state index contributed by atoms with van der Waals surface area (Å²) in [6, 6.07) is 4.38. The smallest absolute Gasteiger partial charge is 0.165 e. The topological polar surface area (TPSA) is 59.0 Å². The van der Waals surface area contributed by atoms with Gasteiger partial charge in [-0.25, -0.2) is 0 Å². The van der Waals surface area contributed by atoms with Crippen molar-refractivity contribution in [2.45, 2.75) is 82.0 Å². The molecule has 2 heterocycles. The number of fused-ring (bicyclic) bond motifs is 2. The van der Waals surface area contributed by atoms with Crippen LogP contribution in [0, 0.1) is 16.7 Å². The van der Waals surface area contributed by atoms with Gasteiger partial charge in [-0.3, -0.25) is 9.69 Å². The number of ketones is 1. The quantitative estimate of drug-likeness (QED) is 0.802. The molecule has 7 aliphatic rings. The minimum absolute atomic E-state index is 0.00243. The second-order valence-electron chi connectivity index (χ2n) is 11.6. The van der Waals surface area contributed by atoms with Crippen molar-refractivity contribution in [1.82, 2.24) is 4.90 Å². The molecule has 2 spiro atoms. The van der Waals surface area contributed by atoms with E-state index in [2.05, 4.69) is 17.9 Å². The van der Waals surface area contributed by atoms with Gasteiger partial charge in [-0.05, 0) is 82.9 Å². The lowest BCUT2D eigenvalue weighted by Gasteiger charge is -2.76. The molecule has 166 valence electrons. The van der Waals surface area contributed by atoms with E-state index in [-0.39, 0.29) is 28.5 Å². The van der Waals surface area contributed by atoms with Crippen molar-refractivity contribution in [3.63, 3.8) is 0 Å². The van der Waals surface area contributed by atoms with Gasteiger partial charge in [0, 0.05) is 36.1 Å². The van der Waals surface area contributed by atoms with E-state index in [1.165, 1.54) is 30.5 Å². The van der Waals surface area contributed by atoms with Crippen LogP contribution < -0.4 is 4.74 Å². The molecule has 5 aliphatic carbocycles. The molecule has 8 rings (SSSR count). The molecule has 5 heteroatoms. The number of phenols is 1. The first-order valence-corrected chi connectivity index (χ1v) is 12.2. The summed E-state index contributed by atoms with van der Waals surface area (Å²) in [5.41, 5.74) is 1.20. The Morgan fingerprint density at radius 3 is 2.81 bits per heavy atom. The van der Waals surface area contributed by atoms with Gasteiger partial charge in [-0.1, -0.05) is 6.07 Å². The number of hydrogen-bond donors (Lipinski definition) is 1. The van der Waals surface area contributed by atoms with Crippen LogP contribution in [0.4, 0.5) is 0 Å². The Labute approximate surface area is 184 Å². The number of nitrogens with zero attached hydrogens (tertiary/aromatic N) is 1. The number of methoxy groups -OCH3 is 1. The number of Topliss-reactive ketones (excluding diaryl/α,β-unsaturated/α-hetero) is 1. The fraction of sp³-hybridized carbons (Fsp3) is 0.731. The number of aromatic hydroxyl groups is 1. The van der Waals surface area contributed by atoms with E-state index in [4.69, 9.17) is 9.47 Å². The van der Waals surface area contributed by atoms with Crippen LogP contribution in [-0.2, 0) is 21.4 Å². The molecule has 5 nitrogen and oxygen atoms in total. The molecule has 1 saturated heterocycles. The van der Waals surface area contributed by atoms with E-state index in [0.29, 0.717) is 11.8 Å². The normalized spacial score (nSPS) is 46.5. The third-order valence-electron chi connectivity index (χ3n) is 10.8. The molecule has 1 aromatic carbocycles. The van der Waals surface area contributed by atoms with Gasteiger partial charge in [-0.2, -0.15) is 0 Å². The van der Waals surface area contributed by atoms with Crippen LogP contribution in [0.1, 0.15) is 63.5 Å². The largest absolute Gasteiger partial charge is 0.504 e. The first kappa shape index (κ1) is 18.9. The summed E-state index contributed by atoms with van der Waals surface area (Å²) in [4.78, 5) is 16.0. The number of carbonyl (C=O) groups is 1. The number of carbonyl (C=O) groups excluding carboxylic acids is 1. The van der Waals surface area contributed by atoms with Crippen molar-refractivity contribution in [2.24, 2.45) is 16.7 Å². The molecule has 0 amide bonds. The average Bonchev–Trinajstić information content (AvgIpc) is 3.48. The summed E-state index contributed by atoms with van der Waals surface area (Å²) in [5, 5.41) is 10.8. The van der Waals surface area contributed by atoms with E-state index >= 15 is 0 Å². The van der Waals surface area contributed by atoms with E-state index in [1.54, 1.807) is 14.0 Å². The van der Waals surface area contributed by atoms with Crippen molar-refractivity contribution < 1.29 is 19.4 Å². The zero-order valence-electron chi connectivity index (χ0n) is 18.9. The number of phenolic OH excluding ortho intramolecular Hbond substituents is 1. The van der Waals surface area contributed by atoms with Crippen LogP contribution in [0.5, 0.6) is 11.5 Å². The summed E-state index contributed by atoms with van der Waals surface area (Å²) in [6.07, 6.45) is 7.33. The number of piperidine rings is 1. The van der Waals surface area contributed by atoms with Gasteiger partial charge in [0.15, 0.2) is 11.5 Å². The highest BCUT2D eigenvalue weighted by molar-refractivity contribution is 5.85. The second-order valence-corrected chi connectivity index (χ2v) is 11.6. The molecule has 4 saturated carbocycles. The first-order valence-electron chi connectivity index (χ1n) is 12.2. The Hall–Kier alpha value is -1.59. The summed E-state index contributed by atoms with van der Waals surface area (Å²) < 4.78 is 13.1. The van der Waals surface area contributed by atoms with Gasteiger partial charge >= 0.3 is 0 Å². The highest BCUT2D eigenvalue weighted by atomic mass is 16.6. The Morgan fingerprint density at radius 1 is 1.29 bits per heavy atom. The number of benzene rings is 1. The van der Waals surface area contributed by atoms with Gasteiger partial charge in [0.2, 0.25) is 0 Å². The molecule has 4 bridgehead atoms. The minimum Gasteiger partial charge on any atom is -0.504 e. The van der Waals surface area contributed by atoms with Gasteiger partial charge in [0.1, 0.15) is 17.5 Å². The van der Waals surface area contributed by atoms with Crippen molar-refractivity contribution in [1.29, 1.82) is 0 Å². The molecular formula is C26H33NO4. The van der Waals surface area contributed by atoms with Gasteiger partial charge in [0.05, 0.1) is 5.41 Å². The van der Waals surface area contributed by atoms with Gasteiger partial charge in [0.25, 0.3) is 0 Å². The van der Waals surface area contributed by atoms with Crippen LogP contribution in [-0.4, -0.2) is 53.7 Å². The molecule has 1 N–H and O–H groups in total. The lowest BCUT2D eigenvalue weighted by atomic mass is 9.31. The molecule has 31 heavy (non-hydrogen) atoms. The standard InChI is InChI=1S/C26H33NO4/c1-15(28)23(2)14-24-8-9-26(23,30-3)22-25(24)10-11-27(13-16-4-5-16)19(24)12-17-6-7-18(29)21(31-22)20(17)25/h6-7,16,19,22,29H,4-5,8-14H2,1-3H3/t19-,22-,23-,24-,25+,26+/m1/s1. The Morgan fingerprint density at radius 2 is 2.10 bits per heavy atom. The van der Waals surface area contributed by atoms with Crippen LogP contribution in [0.15, 0.2) is 12.1 Å². The molecule has 0 unspecified atom stereocenters.